The summed E-state index contributed by atoms with van der Waals surface area (Å²) in [7, 11) is 1.00. The zero-order chi connectivity index (χ0) is 17.4. The van der Waals surface area contributed by atoms with E-state index in [1.807, 2.05) is 36.4 Å². The van der Waals surface area contributed by atoms with Crippen LogP contribution in [0.25, 0.3) is 0 Å². The number of hydrazone groups is 1. The van der Waals surface area contributed by atoms with Gasteiger partial charge in [0.05, 0.1) is 12.1 Å². The lowest BCUT2D eigenvalue weighted by molar-refractivity contribution is -0.120. The average Bonchev–Trinajstić information content (AvgIpc) is 2.76. The van der Waals surface area contributed by atoms with Crippen molar-refractivity contribution in [3.63, 3.8) is 0 Å². The molecule has 1 heterocycles. The number of aliphatic hydroxyl groups excluding tert-OH is 1. The van der Waals surface area contributed by atoms with Gasteiger partial charge in [-0.3, -0.25) is 4.79 Å². The molecule has 0 saturated carbocycles. The van der Waals surface area contributed by atoms with E-state index in [0.29, 0.717) is 17.8 Å². The molecule has 1 aliphatic heterocycles. The molecule has 122 valence electrons. The largest absolute Gasteiger partial charge is 0.400 e. The Morgan fingerprint density at radius 1 is 1.42 bits per heavy atom. The Morgan fingerprint density at radius 3 is 3.04 bits per heavy atom. The smallest absolute Gasteiger partial charge is 0.244 e. The van der Waals surface area contributed by atoms with Gasteiger partial charge in [0.15, 0.2) is 0 Å². The van der Waals surface area contributed by atoms with Gasteiger partial charge in [0.25, 0.3) is 0 Å². The van der Waals surface area contributed by atoms with E-state index in [1.54, 1.807) is 6.08 Å². The maximum atomic E-state index is 12.0. The van der Waals surface area contributed by atoms with Gasteiger partial charge >= 0.3 is 0 Å². The summed E-state index contributed by atoms with van der Waals surface area (Å²) in [6.07, 6.45) is 6.59. The number of amides is 1. The number of carbonyl (C=O) groups is 1. The number of nitrogens with one attached hydrogen (secondary N) is 2. The summed E-state index contributed by atoms with van der Waals surface area (Å²) in [5.74, 6) is 5.68. The Kier molecular flexibility index (Phi) is 6.12. The first-order valence-electron chi connectivity index (χ1n) is 7.45. The molecule has 3 N–H and O–H groups in total. The van der Waals surface area contributed by atoms with Gasteiger partial charge in [-0.2, -0.15) is 5.10 Å². The number of rotatable bonds is 3. The molecule has 0 aromatic heterocycles. The van der Waals surface area contributed by atoms with Crippen molar-refractivity contribution in [3.05, 3.63) is 65.9 Å². The molecule has 0 saturated heterocycles. The van der Waals surface area contributed by atoms with Gasteiger partial charge in [-0.05, 0) is 17.7 Å². The first kappa shape index (κ1) is 17.3. The van der Waals surface area contributed by atoms with Crippen LogP contribution in [-0.2, 0) is 4.79 Å². The summed E-state index contributed by atoms with van der Waals surface area (Å²) in [6.45, 7) is 3.92. The van der Waals surface area contributed by atoms with Gasteiger partial charge in [0.2, 0.25) is 5.91 Å². The highest BCUT2D eigenvalue weighted by Gasteiger charge is 2.20. The zero-order valence-corrected chi connectivity index (χ0v) is 13.5. The molecule has 0 radical (unpaired) electrons. The lowest BCUT2D eigenvalue weighted by Crippen LogP contribution is -2.20. The molecule has 2 aliphatic rings. The summed E-state index contributed by atoms with van der Waals surface area (Å²) < 4.78 is 0. The minimum atomic E-state index is -0.177. The number of allylic oxidation sites excluding steroid dienone is 4. The Bertz CT molecular complexity index is 792. The fourth-order valence-corrected chi connectivity index (χ4v) is 2.28. The van der Waals surface area contributed by atoms with Crippen LogP contribution in [0.1, 0.15) is 18.4 Å². The molecule has 0 bridgehead atoms. The van der Waals surface area contributed by atoms with Crippen molar-refractivity contribution in [1.82, 2.24) is 5.43 Å². The van der Waals surface area contributed by atoms with Crippen molar-refractivity contribution < 1.29 is 9.90 Å². The number of hydrogen-bond donors (Lipinski definition) is 3. The van der Waals surface area contributed by atoms with Crippen LogP contribution in [0.5, 0.6) is 0 Å². The topological polar surface area (TPSA) is 73.7 Å². The highest BCUT2D eigenvalue weighted by Crippen LogP contribution is 2.26. The molecule has 0 unspecified atom stereocenters. The van der Waals surface area contributed by atoms with E-state index in [1.165, 1.54) is 0 Å². The fraction of sp³-hybridized carbons (Fsp3) is 0.158. The van der Waals surface area contributed by atoms with Gasteiger partial charge in [-0.15, -0.1) is 0 Å². The predicted molar refractivity (Wildman–Crippen MR) is 96.3 cm³/mol. The molecular formula is C19H19N3O2. The zero-order valence-electron chi connectivity index (χ0n) is 13.5. The third kappa shape index (κ3) is 4.22. The number of benzene rings is 1. The number of anilines is 1. The molecule has 3 rings (SSSR count). The van der Waals surface area contributed by atoms with Crippen molar-refractivity contribution in [3.8, 4) is 11.8 Å². The maximum absolute atomic E-state index is 12.0. The van der Waals surface area contributed by atoms with Crippen molar-refractivity contribution in [1.29, 1.82) is 0 Å². The molecular weight excluding hydrogens is 302 g/mol. The van der Waals surface area contributed by atoms with Crippen molar-refractivity contribution in [2.75, 3.05) is 12.4 Å². The maximum Gasteiger partial charge on any atom is 0.244 e. The molecule has 1 aliphatic carbocycles. The third-order valence-corrected chi connectivity index (χ3v) is 3.32. The first-order valence-corrected chi connectivity index (χ1v) is 7.45. The lowest BCUT2D eigenvalue weighted by atomic mass is 10.1. The monoisotopic (exact) mass is 321 g/mol. The SMILES string of the molecule is C=C1Nc2ccccc2/C1=N/NC(=O)CC1=CC#CCC=C1.CO. The molecule has 0 atom stereocenters. The van der Waals surface area contributed by atoms with Crippen molar-refractivity contribution in [2.24, 2.45) is 5.10 Å². The summed E-state index contributed by atoms with van der Waals surface area (Å²) in [6, 6.07) is 7.76. The van der Waals surface area contributed by atoms with Crippen LogP contribution in [-0.4, -0.2) is 23.8 Å². The highest BCUT2D eigenvalue weighted by atomic mass is 16.2. The first-order chi connectivity index (χ1) is 11.7. The Morgan fingerprint density at radius 2 is 2.21 bits per heavy atom. The molecule has 0 spiro atoms. The molecule has 1 aromatic carbocycles. The van der Waals surface area contributed by atoms with Gasteiger partial charge in [0, 0.05) is 24.8 Å². The molecule has 24 heavy (non-hydrogen) atoms. The molecule has 0 fully saturated rings. The summed E-state index contributed by atoms with van der Waals surface area (Å²) in [5, 5.41) is 14.3. The van der Waals surface area contributed by atoms with Crippen LogP contribution >= 0.6 is 0 Å². The highest BCUT2D eigenvalue weighted by molar-refractivity contribution is 6.21. The van der Waals surface area contributed by atoms with Crippen molar-refractivity contribution in [2.45, 2.75) is 12.8 Å². The molecule has 5 heteroatoms. The van der Waals surface area contributed by atoms with Crippen LogP contribution in [0.15, 0.2) is 65.4 Å². The number of para-hydroxylation sites is 1. The summed E-state index contributed by atoms with van der Waals surface area (Å²) >= 11 is 0. The molecule has 1 amide bonds. The van der Waals surface area contributed by atoms with Crippen LogP contribution in [0.3, 0.4) is 0 Å². The number of nitrogens with zero attached hydrogens (tertiary/aromatic N) is 1. The van der Waals surface area contributed by atoms with Crippen LogP contribution in [0.4, 0.5) is 5.69 Å². The fourth-order valence-electron chi connectivity index (χ4n) is 2.28. The number of carbonyl (C=O) groups excluding carboxylic acids is 1. The standard InChI is InChI=1S/C18H15N3O.CH4O/c1-13-18(15-10-6-7-11-16(15)19-13)21-20-17(22)12-14-8-4-2-3-5-9-14;1-2/h4,6-11,19H,1-2,12H2,(H,20,22);2H,1H3/b21-18+;. The van der Waals surface area contributed by atoms with E-state index in [9.17, 15) is 4.79 Å². The minimum absolute atomic E-state index is 0.177. The van der Waals surface area contributed by atoms with Gasteiger partial charge in [-0.1, -0.05) is 48.8 Å². The summed E-state index contributed by atoms with van der Waals surface area (Å²) in [4.78, 5) is 12.0. The van der Waals surface area contributed by atoms with E-state index in [4.69, 9.17) is 5.11 Å². The second-order valence-corrected chi connectivity index (χ2v) is 4.97. The van der Waals surface area contributed by atoms with E-state index < -0.39 is 0 Å². The van der Waals surface area contributed by atoms with E-state index in [0.717, 1.165) is 23.9 Å². The predicted octanol–water partition coefficient (Wildman–Crippen LogP) is 2.33. The van der Waals surface area contributed by atoms with Crippen LogP contribution in [0, 0.1) is 11.8 Å². The molecule has 5 nitrogen and oxygen atoms in total. The number of hydrogen-bond acceptors (Lipinski definition) is 4. The van der Waals surface area contributed by atoms with Gasteiger partial charge in [-0.25, -0.2) is 5.43 Å². The Balaban J connectivity index is 0.00000100. The van der Waals surface area contributed by atoms with Gasteiger partial charge < -0.3 is 10.4 Å². The van der Waals surface area contributed by atoms with Crippen molar-refractivity contribution >= 4 is 17.3 Å². The molecule has 1 aromatic rings. The number of fused-ring (bicyclic) bond motifs is 1. The second-order valence-electron chi connectivity index (χ2n) is 4.97. The van der Waals surface area contributed by atoms with E-state index >= 15 is 0 Å². The quantitative estimate of drug-likeness (QED) is 0.591. The Labute approximate surface area is 141 Å². The van der Waals surface area contributed by atoms with Gasteiger partial charge in [0.1, 0.15) is 5.71 Å². The van der Waals surface area contributed by atoms with Crippen LogP contribution < -0.4 is 10.7 Å². The normalized spacial score (nSPS) is 15.8. The Hall–Kier alpha value is -3.10. The number of aliphatic hydroxyl groups is 1. The third-order valence-electron chi connectivity index (χ3n) is 3.32. The summed E-state index contributed by atoms with van der Waals surface area (Å²) in [5.41, 5.74) is 6.70. The lowest BCUT2D eigenvalue weighted by Gasteiger charge is -2.03. The average molecular weight is 321 g/mol. The van der Waals surface area contributed by atoms with E-state index in [-0.39, 0.29) is 12.3 Å². The second kappa shape index (κ2) is 8.51. The van der Waals surface area contributed by atoms with E-state index in [2.05, 4.69) is 34.3 Å². The minimum Gasteiger partial charge on any atom is -0.400 e. The van der Waals surface area contributed by atoms with Crippen LogP contribution in [0.2, 0.25) is 0 Å².